The zero-order valence-electron chi connectivity index (χ0n) is 19.0. The molecule has 1 N–H and O–H groups in total. The van der Waals surface area contributed by atoms with Gasteiger partial charge in [0, 0.05) is 12.3 Å². The topological polar surface area (TPSA) is 152 Å². The van der Waals surface area contributed by atoms with Crippen molar-refractivity contribution in [2.75, 3.05) is 13.2 Å². The van der Waals surface area contributed by atoms with Gasteiger partial charge in [-0.05, 0) is 24.3 Å². The van der Waals surface area contributed by atoms with Gasteiger partial charge in [-0.1, -0.05) is 36.4 Å². The Hall–Kier alpha value is -3.91. The minimum atomic E-state index is -2.23. The summed E-state index contributed by atoms with van der Waals surface area (Å²) in [7, 11) is 0. The van der Waals surface area contributed by atoms with Crippen LogP contribution in [-0.2, 0) is 33.9 Å². The number of carbonyl (C=O) groups is 2. The highest BCUT2D eigenvalue weighted by atomic mass is 32.2. The van der Waals surface area contributed by atoms with E-state index in [9.17, 15) is 23.4 Å². The Morgan fingerprint density at radius 1 is 0.892 bits per heavy atom. The van der Waals surface area contributed by atoms with Crippen molar-refractivity contribution in [2.24, 2.45) is 0 Å². The maximum Gasteiger partial charge on any atom is 0.338 e. The molecule has 0 bridgehead atoms. The number of aromatic amines is 1. The van der Waals surface area contributed by atoms with E-state index in [1.54, 1.807) is 60.7 Å². The number of carbonyl (C=O) groups excluding carboxylic acids is 2. The van der Waals surface area contributed by atoms with Crippen molar-refractivity contribution in [1.82, 2.24) is 9.55 Å². The van der Waals surface area contributed by atoms with Crippen LogP contribution in [0.25, 0.3) is 0 Å². The van der Waals surface area contributed by atoms with Gasteiger partial charge in [0.05, 0.1) is 11.1 Å². The van der Waals surface area contributed by atoms with E-state index in [0.717, 1.165) is 10.6 Å². The van der Waals surface area contributed by atoms with Gasteiger partial charge in [0.2, 0.25) is 0 Å². The summed E-state index contributed by atoms with van der Waals surface area (Å²) in [4.78, 5) is 51.5. The van der Waals surface area contributed by atoms with Crippen LogP contribution in [0.1, 0.15) is 26.9 Å². The van der Waals surface area contributed by atoms with E-state index >= 15 is 0 Å². The van der Waals surface area contributed by atoms with Crippen LogP contribution in [-0.4, -0.2) is 56.7 Å². The first-order chi connectivity index (χ1) is 17.9. The van der Waals surface area contributed by atoms with Gasteiger partial charge in [-0.2, -0.15) is 4.21 Å². The first-order valence-electron chi connectivity index (χ1n) is 11.1. The number of nitrogens with one attached hydrogen (secondary N) is 1. The molecular formula is C24H20N2O10S. The van der Waals surface area contributed by atoms with Crippen LogP contribution >= 0.6 is 0 Å². The maximum atomic E-state index is 12.7. The molecular weight excluding hydrogens is 508 g/mol. The van der Waals surface area contributed by atoms with E-state index in [1.807, 2.05) is 0 Å². The van der Waals surface area contributed by atoms with E-state index in [-0.39, 0.29) is 11.1 Å². The van der Waals surface area contributed by atoms with Gasteiger partial charge in [0.1, 0.15) is 19.3 Å². The second-order valence-corrected chi connectivity index (χ2v) is 9.05. The third-order valence-electron chi connectivity index (χ3n) is 5.86. The molecule has 0 aliphatic carbocycles. The summed E-state index contributed by atoms with van der Waals surface area (Å²) in [6.07, 6.45) is -2.39. The standard InChI is InChI=1S/C24H20N2O10S/c27-17-11-12-26(23(30)25-17)20-18-19(36-37(31)35-18)24(34-20,13-32-21(28)15-7-3-1-4-8-15)14-33-22(29)16-9-5-2-6-10-16/h1-12,18-20H,13-14H2,(H,25,27,30)/t18-,19+,20-,37?/m1/s1. The smallest absolute Gasteiger partial charge is 0.338 e. The Labute approximate surface area is 211 Å². The Morgan fingerprint density at radius 3 is 2.00 bits per heavy atom. The number of fused-ring (bicyclic) bond motifs is 1. The summed E-state index contributed by atoms with van der Waals surface area (Å²) in [5.74, 6) is -1.39. The molecule has 5 rings (SSSR count). The molecule has 2 aliphatic rings. The summed E-state index contributed by atoms with van der Waals surface area (Å²) in [5, 5.41) is 0. The third-order valence-corrected chi connectivity index (χ3v) is 6.61. The summed E-state index contributed by atoms with van der Waals surface area (Å²) >= 11 is -2.23. The first kappa shape index (κ1) is 24.8. The van der Waals surface area contributed by atoms with Crippen molar-refractivity contribution in [3.05, 3.63) is 105 Å². The van der Waals surface area contributed by atoms with Crippen LogP contribution in [0, 0.1) is 0 Å². The number of aromatic nitrogens is 2. The molecule has 1 unspecified atom stereocenters. The third kappa shape index (κ3) is 5.02. The van der Waals surface area contributed by atoms with Crippen LogP contribution in [0.4, 0.5) is 0 Å². The fourth-order valence-electron chi connectivity index (χ4n) is 4.07. The number of ether oxygens (including phenoxy) is 3. The SMILES string of the molecule is O=C(OCC1(COC(=O)c2ccccc2)O[C@@H](n2ccc(=O)[nH]c2=O)[C@@H]2OS(=O)O[C@@H]21)c1ccccc1. The van der Waals surface area contributed by atoms with Crippen LogP contribution < -0.4 is 11.2 Å². The lowest BCUT2D eigenvalue weighted by Crippen LogP contribution is -2.51. The molecule has 0 saturated carbocycles. The summed E-state index contributed by atoms with van der Waals surface area (Å²) < 4.78 is 41.2. The molecule has 37 heavy (non-hydrogen) atoms. The Bertz CT molecular complexity index is 1380. The number of rotatable bonds is 7. The van der Waals surface area contributed by atoms with Crippen molar-refractivity contribution in [3.8, 4) is 0 Å². The van der Waals surface area contributed by atoms with Crippen molar-refractivity contribution >= 4 is 23.3 Å². The highest BCUT2D eigenvalue weighted by molar-refractivity contribution is 7.75. The van der Waals surface area contributed by atoms with Gasteiger partial charge in [0.25, 0.3) is 5.56 Å². The Morgan fingerprint density at radius 2 is 1.46 bits per heavy atom. The van der Waals surface area contributed by atoms with E-state index in [0.29, 0.717) is 0 Å². The molecule has 192 valence electrons. The molecule has 1 aromatic heterocycles. The van der Waals surface area contributed by atoms with E-state index in [2.05, 4.69) is 4.98 Å². The van der Waals surface area contributed by atoms with Gasteiger partial charge in [-0.25, -0.2) is 14.4 Å². The number of benzene rings is 2. The lowest BCUT2D eigenvalue weighted by Gasteiger charge is -2.31. The van der Waals surface area contributed by atoms with E-state index < -0.39 is 71.8 Å². The molecule has 2 fully saturated rings. The molecule has 2 aliphatic heterocycles. The van der Waals surface area contributed by atoms with Gasteiger partial charge >= 0.3 is 29.0 Å². The van der Waals surface area contributed by atoms with Crippen molar-refractivity contribution in [2.45, 2.75) is 24.0 Å². The summed E-state index contributed by atoms with van der Waals surface area (Å²) in [6.45, 7) is -1.00. The zero-order valence-corrected chi connectivity index (χ0v) is 19.8. The number of esters is 2. The highest BCUT2D eigenvalue weighted by Crippen LogP contribution is 2.45. The average molecular weight is 528 g/mol. The minimum absolute atomic E-state index is 0.258. The predicted octanol–water partition coefficient (Wildman–Crippen LogP) is 0.881. The number of hydrogen-bond donors (Lipinski definition) is 1. The molecule has 13 heteroatoms. The van der Waals surface area contributed by atoms with Crippen LogP contribution in [0.3, 0.4) is 0 Å². The van der Waals surface area contributed by atoms with Crippen molar-refractivity contribution in [1.29, 1.82) is 0 Å². The van der Waals surface area contributed by atoms with Gasteiger partial charge < -0.3 is 14.2 Å². The average Bonchev–Trinajstić information content (AvgIpc) is 3.43. The molecule has 3 aromatic rings. The van der Waals surface area contributed by atoms with Crippen molar-refractivity contribution in [3.63, 3.8) is 0 Å². The van der Waals surface area contributed by atoms with Crippen LogP contribution in [0.2, 0.25) is 0 Å². The second kappa shape index (κ2) is 10.2. The van der Waals surface area contributed by atoms with E-state index in [4.69, 9.17) is 22.6 Å². The lowest BCUT2D eigenvalue weighted by molar-refractivity contribution is -0.151. The Balaban J connectivity index is 1.47. The fraction of sp³-hybridized carbons (Fsp3) is 0.250. The maximum absolute atomic E-state index is 12.7. The second-order valence-electron chi connectivity index (χ2n) is 8.26. The number of hydrogen-bond acceptors (Lipinski definition) is 10. The Kier molecular flexibility index (Phi) is 6.84. The molecule has 2 saturated heterocycles. The highest BCUT2D eigenvalue weighted by Gasteiger charge is 2.64. The summed E-state index contributed by atoms with van der Waals surface area (Å²) in [5.41, 5.74) is -2.66. The lowest BCUT2D eigenvalue weighted by atomic mass is 9.96. The minimum Gasteiger partial charge on any atom is -0.459 e. The molecule has 4 atom stereocenters. The quantitative estimate of drug-likeness (QED) is 0.438. The zero-order chi connectivity index (χ0) is 26.0. The van der Waals surface area contributed by atoms with Gasteiger partial charge in [-0.15, -0.1) is 0 Å². The molecule has 0 amide bonds. The number of nitrogens with zero attached hydrogens (tertiary/aromatic N) is 1. The van der Waals surface area contributed by atoms with Crippen molar-refractivity contribution < 1.29 is 36.4 Å². The summed E-state index contributed by atoms with van der Waals surface area (Å²) in [6, 6.07) is 17.4. The molecule has 0 spiro atoms. The van der Waals surface area contributed by atoms with Crippen LogP contribution in [0.5, 0.6) is 0 Å². The normalized spacial score (nSPS) is 23.8. The van der Waals surface area contributed by atoms with E-state index in [1.165, 1.54) is 6.20 Å². The molecule has 12 nitrogen and oxygen atoms in total. The first-order valence-corrected chi connectivity index (χ1v) is 12.1. The molecule has 2 aromatic carbocycles. The molecule has 0 radical (unpaired) electrons. The number of H-pyrrole nitrogens is 1. The predicted molar refractivity (Wildman–Crippen MR) is 126 cm³/mol. The van der Waals surface area contributed by atoms with Crippen LogP contribution in [0.15, 0.2) is 82.5 Å². The van der Waals surface area contributed by atoms with Gasteiger partial charge in [0.15, 0.2) is 17.9 Å². The largest absolute Gasteiger partial charge is 0.459 e. The van der Waals surface area contributed by atoms with Gasteiger partial charge in [-0.3, -0.25) is 22.7 Å². The monoisotopic (exact) mass is 528 g/mol. The molecule has 3 heterocycles. The fourth-order valence-corrected chi connectivity index (χ4v) is 4.95.